The highest BCUT2D eigenvalue weighted by Gasteiger charge is 2.33. The van der Waals surface area contributed by atoms with Crippen molar-refractivity contribution >= 4 is 23.2 Å². The maximum absolute atomic E-state index is 6.20. The largest absolute Gasteiger partial charge is 0.497 e. The van der Waals surface area contributed by atoms with Crippen LogP contribution in [0.2, 0.25) is 10.0 Å². The molecule has 0 saturated carbocycles. The molecule has 0 heterocycles. The zero-order valence-electron chi connectivity index (χ0n) is 12.9. The molecule has 1 aliphatic rings. The van der Waals surface area contributed by atoms with Crippen molar-refractivity contribution in [1.82, 2.24) is 4.90 Å². The molecule has 116 valence electrons. The van der Waals surface area contributed by atoms with Gasteiger partial charge in [0.25, 0.3) is 0 Å². The van der Waals surface area contributed by atoms with Crippen molar-refractivity contribution in [2.45, 2.75) is 18.4 Å². The fourth-order valence-electron chi connectivity index (χ4n) is 3.30. The van der Waals surface area contributed by atoms with E-state index in [1.165, 1.54) is 16.7 Å². The lowest BCUT2D eigenvalue weighted by Gasteiger charge is -2.20. The minimum Gasteiger partial charge on any atom is -0.497 e. The predicted molar refractivity (Wildman–Crippen MR) is 92.3 cm³/mol. The molecule has 2 aromatic rings. The van der Waals surface area contributed by atoms with E-state index in [9.17, 15) is 0 Å². The first-order valence-electron chi connectivity index (χ1n) is 7.30. The number of fused-ring (bicyclic) bond motifs is 1. The summed E-state index contributed by atoms with van der Waals surface area (Å²) >= 11 is 12.3. The first kappa shape index (κ1) is 15.7. The second-order valence-corrected chi connectivity index (χ2v) is 6.75. The van der Waals surface area contributed by atoms with Crippen molar-refractivity contribution in [3.05, 3.63) is 63.1 Å². The molecule has 0 radical (unpaired) electrons. The summed E-state index contributed by atoms with van der Waals surface area (Å²) in [6, 6.07) is 12.7. The number of rotatable bonds is 3. The molecule has 2 nitrogen and oxygen atoms in total. The van der Waals surface area contributed by atoms with Crippen LogP contribution in [0.15, 0.2) is 36.4 Å². The van der Waals surface area contributed by atoms with Crippen molar-refractivity contribution in [1.29, 1.82) is 0 Å². The van der Waals surface area contributed by atoms with Crippen LogP contribution in [0, 0.1) is 0 Å². The Morgan fingerprint density at radius 1 is 1.00 bits per heavy atom. The van der Waals surface area contributed by atoms with Crippen LogP contribution in [-0.2, 0) is 0 Å². The van der Waals surface area contributed by atoms with Crippen molar-refractivity contribution < 1.29 is 4.74 Å². The maximum Gasteiger partial charge on any atom is 0.119 e. The van der Waals surface area contributed by atoms with Gasteiger partial charge in [0.2, 0.25) is 0 Å². The Bertz CT molecular complexity index is 699. The highest BCUT2D eigenvalue weighted by atomic mass is 35.5. The zero-order valence-corrected chi connectivity index (χ0v) is 14.4. The van der Waals surface area contributed by atoms with E-state index < -0.39 is 0 Å². The molecule has 4 heteroatoms. The lowest BCUT2D eigenvalue weighted by Crippen LogP contribution is -2.17. The molecular weight excluding hydrogens is 317 g/mol. The van der Waals surface area contributed by atoms with Crippen LogP contribution < -0.4 is 4.74 Å². The summed E-state index contributed by atoms with van der Waals surface area (Å²) in [6.07, 6.45) is 1.04. The lowest BCUT2D eigenvalue weighted by molar-refractivity contribution is 0.293. The highest BCUT2D eigenvalue weighted by molar-refractivity contribution is 6.42. The van der Waals surface area contributed by atoms with E-state index in [4.69, 9.17) is 27.9 Å². The van der Waals surface area contributed by atoms with E-state index in [2.05, 4.69) is 37.2 Å². The van der Waals surface area contributed by atoms with Crippen LogP contribution in [0.4, 0.5) is 0 Å². The van der Waals surface area contributed by atoms with Crippen LogP contribution in [-0.4, -0.2) is 26.1 Å². The van der Waals surface area contributed by atoms with Gasteiger partial charge >= 0.3 is 0 Å². The molecule has 3 rings (SSSR count). The number of methoxy groups -OCH3 is 1. The average Bonchev–Trinajstić information content (AvgIpc) is 2.88. The van der Waals surface area contributed by atoms with Crippen molar-refractivity contribution in [2.75, 3.05) is 21.2 Å². The Balaban J connectivity index is 2.07. The van der Waals surface area contributed by atoms with Crippen molar-refractivity contribution in [3.8, 4) is 5.75 Å². The van der Waals surface area contributed by atoms with Crippen LogP contribution in [0.5, 0.6) is 5.75 Å². The number of ether oxygens (including phenoxy) is 1. The summed E-state index contributed by atoms with van der Waals surface area (Å²) in [5, 5.41) is 1.21. The minimum atomic E-state index is 0.336. The molecule has 0 bridgehead atoms. The van der Waals surface area contributed by atoms with Gasteiger partial charge in [-0.1, -0.05) is 35.3 Å². The molecule has 2 aromatic carbocycles. The van der Waals surface area contributed by atoms with Gasteiger partial charge in [-0.2, -0.15) is 0 Å². The normalized spacial score (nSPS) is 20.3. The summed E-state index contributed by atoms with van der Waals surface area (Å²) in [6.45, 7) is 0. The van der Waals surface area contributed by atoms with E-state index >= 15 is 0 Å². The second-order valence-electron chi connectivity index (χ2n) is 5.94. The van der Waals surface area contributed by atoms with Gasteiger partial charge in [0, 0.05) is 12.0 Å². The topological polar surface area (TPSA) is 12.5 Å². The Kier molecular flexibility index (Phi) is 4.35. The Morgan fingerprint density at radius 3 is 2.41 bits per heavy atom. The molecule has 0 amide bonds. The summed E-state index contributed by atoms with van der Waals surface area (Å²) in [5.74, 6) is 1.24. The van der Waals surface area contributed by atoms with Gasteiger partial charge in [-0.25, -0.2) is 0 Å². The third kappa shape index (κ3) is 2.71. The van der Waals surface area contributed by atoms with Gasteiger partial charge in [0.15, 0.2) is 0 Å². The van der Waals surface area contributed by atoms with E-state index in [0.29, 0.717) is 22.0 Å². The number of hydrogen-bond acceptors (Lipinski definition) is 2. The molecule has 22 heavy (non-hydrogen) atoms. The predicted octanol–water partition coefficient (Wildman–Crippen LogP) is 5.14. The molecule has 0 N–H and O–H groups in total. The smallest absolute Gasteiger partial charge is 0.119 e. The molecule has 0 unspecified atom stereocenters. The molecule has 0 fully saturated rings. The first-order chi connectivity index (χ1) is 10.5. The fourth-order valence-corrected chi connectivity index (χ4v) is 3.60. The number of halogens is 2. The first-order valence-corrected chi connectivity index (χ1v) is 8.06. The Labute approximate surface area is 141 Å². The summed E-state index contributed by atoms with van der Waals surface area (Å²) in [5.41, 5.74) is 3.89. The van der Waals surface area contributed by atoms with E-state index in [0.717, 1.165) is 12.2 Å². The second kappa shape index (κ2) is 6.11. The van der Waals surface area contributed by atoms with Crippen molar-refractivity contribution in [2.24, 2.45) is 0 Å². The van der Waals surface area contributed by atoms with E-state index in [-0.39, 0.29) is 0 Å². The highest BCUT2D eigenvalue weighted by Crippen LogP contribution is 2.47. The lowest BCUT2D eigenvalue weighted by atomic mass is 9.93. The monoisotopic (exact) mass is 335 g/mol. The van der Waals surface area contributed by atoms with Gasteiger partial charge in [-0.05, 0) is 61.5 Å². The van der Waals surface area contributed by atoms with E-state index in [1.54, 1.807) is 7.11 Å². The van der Waals surface area contributed by atoms with E-state index in [1.807, 2.05) is 18.2 Å². The molecule has 0 aromatic heterocycles. The maximum atomic E-state index is 6.20. The van der Waals surface area contributed by atoms with Gasteiger partial charge in [-0.3, -0.25) is 0 Å². The Morgan fingerprint density at radius 2 is 1.77 bits per heavy atom. The van der Waals surface area contributed by atoms with Gasteiger partial charge in [0.1, 0.15) is 5.75 Å². The molecular formula is C18H19Cl2NO. The van der Waals surface area contributed by atoms with Crippen LogP contribution in [0.1, 0.15) is 35.1 Å². The molecule has 2 atom stereocenters. The Hall–Kier alpha value is -1.22. The number of nitrogens with zero attached hydrogens (tertiary/aromatic N) is 1. The standard InChI is InChI=1S/C18H19Cl2NO/c1-21(2)18-10-14(11-4-7-16(19)17(20)8-11)13-6-5-12(22-3)9-15(13)18/h4-9,14,18H,10H2,1-3H3/t14-,18-/m0/s1. The van der Waals surface area contributed by atoms with Crippen LogP contribution >= 0.6 is 23.2 Å². The number of benzene rings is 2. The number of hydrogen-bond donors (Lipinski definition) is 0. The average molecular weight is 336 g/mol. The van der Waals surface area contributed by atoms with Crippen LogP contribution in [0.25, 0.3) is 0 Å². The third-order valence-electron chi connectivity index (χ3n) is 4.46. The molecule has 0 aliphatic heterocycles. The molecule has 0 spiro atoms. The van der Waals surface area contributed by atoms with Gasteiger partial charge in [-0.15, -0.1) is 0 Å². The SMILES string of the molecule is COc1ccc2c(c1)[C@@H](N(C)C)C[C@H]2c1ccc(Cl)c(Cl)c1. The van der Waals surface area contributed by atoms with Gasteiger partial charge in [0.05, 0.1) is 17.2 Å². The minimum absolute atomic E-state index is 0.336. The third-order valence-corrected chi connectivity index (χ3v) is 5.20. The summed E-state index contributed by atoms with van der Waals surface area (Å²) < 4.78 is 5.39. The van der Waals surface area contributed by atoms with Crippen molar-refractivity contribution in [3.63, 3.8) is 0 Å². The molecule has 1 aliphatic carbocycles. The zero-order chi connectivity index (χ0) is 15.9. The van der Waals surface area contributed by atoms with Gasteiger partial charge < -0.3 is 9.64 Å². The fraction of sp³-hybridized carbons (Fsp3) is 0.333. The summed E-state index contributed by atoms with van der Waals surface area (Å²) in [7, 11) is 5.94. The quantitative estimate of drug-likeness (QED) is 0.769. The van der Waals surface area contributed by atoms with Crippen LogP contribution in [0.3, 0.4) is 0 Å². The summed E-state index contributed by atoms with van der Waals surface area (Å²) in [4.78, 5) is 2.26. The molecule has 0 saturated heterocycles.